The van der Waals surface area contributed by atoms with Gasteiger partial charge in [-0.25, -0.2) is 9.18 Å². The lowest BCUT2D eigenvalue weighted by atomic mass is 9.82. The normalized spacial score (nSPS) is 24.1. The fraction of sp³-hybridized carbons (Fsp3) is 0.529. The Morgan fingerprint density at radius 1 is 1.44 bits per heavy atom. The predicted octanol–water partition coefficient (Wildman–Crippen LogP) is 4.09. The number of amides is 1. The van der Waals surface area contributed by atoms with Crippen molar-refractivity contribution in [1.82, 2.24) is 14.7 Å². The molecule has 3 rings (SSSR count). The van der Waals surface area contributed by atoms with E-state index in [2.05, 4.69) is 21.0 Å². The standard InChI is InChI=1S/C17H21BrFN3O3/c1-17(2,3)15-14(11(19)8-21(15)16(23)24)22-7-9-5-10(18)13(25-4)6-12(9)20-22/h5-7,11,14-15H,8H2,1-4H3,(H,23,24)/t11-,14-,15?/m1/s1. The number of alkyl halides is 1. The summed E-state index contributed by atoms with van der Waals surface area (Å²) < 4.78 is 22.4. The van der Waals surface area contributed by atoms with E-state index in [1.807, 2.05) is 26.8 Å². The Morgan fingerprint density at radius 2 is 2.12 bits per heavy atom. The van der Waals surface area contributed by atoms with Gasteiger partial charge in [-0.1, -0.05) is 20.8 Å². The van der Waals surface area contributed by atoms with E-state index in [-0.39, 0.29) is 6.54 Å². The number of hydrogen-bond acceptors (Lipinski definition) is 3. The molecule has 0 bridgehead atoms. The van der Waals surface area contributed by atoms with Crippen LogP contribution in [0.2, 0.25) is 0 Å². The number of rotatable bonds is 2. The molecular weight excluding hydrogens is 393 g/mol. The molecule has 1 aromatic heterocycles. The van der Waals surface area contributed by atoms with Gasteiger partial charge in [-0.05, 0) is 27.4 Å². The molecule has 6 nitrogen and oxygen atoms in total. The molecule has 0 radical (unpaired) electrons. The van der Waals surface area contributed by atoms with Crippen LogP contribution in [0, 0.1) is 5.41 Å². The topological polar surface area (TPSA) is 67.6 Å². The van der Waals surface area contributed by atoms with Crippen molar-refractivity contribution < 1.29 is 19.0 Å². The number of carboxylic acid groups (broad SMARTS) is 1. The minimum Gasteiger partial charge on any atom is -0.495 e. The van der Waals surface area contributed by atoms with Gasteiger partial charge in [0, 0.05) is 17.6 Å². The highest BCUT2D eigenvalue weighted by atomic mass is 79.9. The van der Waals surface area contributed by atoms with Crippen LogP contribution < -0.4 is 4.74 Å². The van der Waals surface area contributed by atoms with E-state index < -0.39 is 29.8 Å². The third kappa shape index (κ3) is 3.07. The van der Waals surface area contributed by atoms with Crippen LogP contribution in [0.4, 0.5) is 9.18 Å². The summed E-state index contributed by atoms with van der Waals surface area (Å²) in [6.45, 7) is 5.61. The number of halogens is 2. The van der Waals surface area contributed by atoms with Gasteiger partial charge in [0.1, 0.15) is 18.0 Å². The minimum absolute atomic E-state index is 0.148. The van der Waals surface area contributed by atoms with Crippen LogP contribution in [-0.4, -0.2) is 51.7 Å². The first-order chi connectivity index (χ1) is 11.6. The lowest BCUT2D eigenvalue weighted by Crippen LogP contribution is -2.46. The van der Waals surface area contributed by atoms with Crippen molar-refractivity contribution in [3.63, 3.8) is 0 Å². The summed E-state index contributed by atoms with van der Waals surface area (Å²) in [6.07, 6.45) is -0.660. The Labute approximate surface area is 153 Å². The van der Waals surface area contributed by atoms with E-state index in [0.29, 0.717) is 11.3 Å². The van der Waals surface area contributed by atoms with E-state index in [0.717, 1.165) is 9.86 Å². The number of likely N-dealkylation sites (tertiary alicyclic amines) is 1. The van der Waals surface area contributed by atoms with Crippen LogP contribution in [0.3, 0.4) is 0 Å². The quantitative estimate of drug-likeness (QED) is 0.804. The number of methoxy groups -OCH3 is 1. The van der Waals surface area contributed by atoms with Crippen molar-refractivity contribution in [2.45, 2.75) is 39.0 Å². The SMILES string of the molecule is COc1cc2nn([C@H]3C(C(C)(C)C)N(C(=O)O)C[C@H]3F)cc2cc1Br. The van der Waals surface area contributed by atoms with Gasteiger partial charge in [0.2, 0.25) is 0 Å². The molecule has 1 aliphatic rings. The second-order valence-electron chi connectivity index (χ2n) is 7.41. The monoisotopic (exact) mass is 413 g/mol. The summed E-state index contributed by atoms with van der Waals surface area (Å²) >= 11 is 3.43. The van der Waals surface area contributed by atoms with E-state index in [9.17, 15) is 14.3 Å². The Kier molecular flexibility index (Phi) is 4.43. The van der Waals surface area contributed by atoms with Crippen molar-refractivity contribution in [3.8, 4) is 5.75 Å². The van der Waals surface area contributed by atoms with E-state index >= 15 is 0 Å². The molecule has 1 saturated heterocycles. The summed E-state index contributed by atoms with van der Waals surface area (Å²) in [5, 5.41) is 14.8. The number of aromatic nitrogens is 2. The van der Waals surface area contributed by atoms with Crippen LogP contribution in [-0.2, 0) is 0 Å². The number of ether oxygens (including phenoxy) is 1. The highest BCUT2D eigenvalue weighted by molar-refractivity contribution is 9.10. The fourth-order valence-electron chi connectivity index (χ4n) is 3.63. The second-order valence-corrected chi connectivity index (χ2v) is 8.26. The van der Waals surface area contributed by atoms with Gasteiger partial charge in [-0.15, -0.1) is 0 Å². The van der Waals surface area contributed by atoms with Crippen molar-refractivity contribution in [2.75, 3.05) is 13.7 Å². The first kappa shape index (κ1) is 18.0. The zero-order valence-corrected chi connectivity index (χ0v) is 16.1. The largest absolute Gasteiger partial charge is 0.495 e. The number of fused-ring (bicyclic) bond motifs is 1. The zero-order valence-electron chi connectivity index (χ0n) is 14.5. The zero-order chi connectivity index (χ0) is 18.5. The van der Waals surface area contributed by atoms with E-state index in [1.54, 1.807) is 24.1 Å². The Bertz CT molecular complexity index is 817. The van der Waals surface area contributed by atoms with Crippen LogP contribution in [0.15, 0.2) is 22.8 Å². The fourth-order valence-corrected chi connectivity index (χ4v) is 4.15. The van der Waals surface area contributed by atoms with Gasteiger partial charge in [-0.2, -0.15) is 5.10 Å². The Morgan fingerprint density at radius 3 is 2.68 bits per heavy atom. The van der Waals surface area contributed by atoms with Crippen molar-refractivity contribution in [2.24, 2.45) is 5.41 Å². The first-order valence-corrected chi connectivity index (χ1v) is 8.79. The number of hydrogen-bond donors (Lipinski definition) is 1. The number of carbonyl (C=O) groups is 1. The van der Waals surface area contributed by atoms with Gasteiger partial charge < -0.3 is 9.84 Å². The molecule has 0 saturated carbocycles. The maximum Gasteiger partial charge on any atom is 0.407 e. The predicted molar refractivity (Wildman–Crippen MR) is 95.9 cm³/mol. The highest BCUT2D eigenvalue weighted by Gasteiger charge is 2.51. The molecule has 1 amide bonds. The summed E-state index contributed by atoms with van der Waals surface area (Å²) in [4.78, 5) is 12.8. The average Bonchev–Trinajstić information content (AvgIpc) is 3.05. The lowest BCUT2D eigenvalue weighted by Gasteiger charge is -2.36. The van der Waals surface area contributed by atoms with Crippen molar-refractivity contribution in [1.29, 1.82) is 0 Å². The molecule has 1 fully saturated rings. The van der Waals surface area contributed by atoms with E-state index in [1.165, 1.54) is 4.90 Å². The average molecular weight is 414 g/mol. The molecule has 1 N–H and O–H groups in total. The van der Waals surface area contributed by atoms with Crippen LogP contribution in [0.1, 0.15) is 26.8 Å². The molecule has 1 aliphatic heterocycles. The molecule has 25 heavy (non-hydrogen) atoms. The van der Waals surface area contributed by atoms with Gasteiger partial charge in [0.15, 0.2) is 0 Å². The first-order valence-electron chi connectivity index (χ1n) is 7.99. The molecule has 8 heteroatoms. The summed E-state index contributed by atoms with van der Waals surface area (Å²) in [6, 6.07) is 2.45. The van der Waals surface area contributed by atoms with Gasteiger partial charge in [0.05, 0.1) is 29.7 Å². The molecule has 3 atom stereocenters. The molecule has 136 valence electrons. The summed E-state index contributed by atoms with van der Waals surface area (Å²) in [5.41, 5.74) is 0.244. The number of benzene rings is 1. The molecule has 1 unspecified atom stereocenters. The van der Waals surface area contributed by atoms with Crippen LogP contribution in [0.5, 0.6) is 5.75 Å². The number of nitrogens with zero attached hydrogens (tertiary/aromatic N) is 3. The summed E-state index contributed by atoms with van der Waals surface area (Å²) in [7, 11) is 1.57. The molecule has 0 aliphatic carbocycles. The van der Waals surface area contributed by atoms with Gasteiger partial charge in [0.25, 0.3) is 0 Å². The lowest BCUT2D eigenvalue weighted by molar-refractivity contribution is 0.0895. The van der Waals surface area contributed by atoms with Crippen molar-refractivity contribution in [3.05, 3.63) is 22.8 Å². The molecule has 0 spiro atoms. The van der Waals surface area contributed by atoms with E-state index in [4.69, 9.17) is 4.74 Å². The minimum atomic E-state index is -1.32. The third-order valence-electron chi connectivity index (χ3n) is 4.64. The maximum absolute atomic E-state index is 14.8. The Hall–Kier alpha value is -1.83. The van der Waals surface area contributed by atoms with Crippen molar-refractivity contribution >= 4 is 32.9 Å². The smallest absolute Gasteiger partial charge is 0.407 e. The summed E-state index contributed by atoms with van der Waals surface area (Å²) in [5.74, 6) is 0.639. The molecule has 1 aromatic carbocycles. The molecule has 2 heterocycles. The second kappa shape index (κ2) is 6.16. The van der Waals surface area contributed by atoms with Crippen LogP contribution >= 0.6 is 15.9 Å². The highest BCUT2D eigenvalue weighted by Crippen LogP contribution is 2.42. The Balaban J connectivity index is 2.09. The van der Waals surface area contributed by atoms with Crippen LogP contribution in [0.25, 0.3) is 10.9 Å². The molecular formula is C17H21BrFN3O3. The molecule has 2 aromatic rings. The van der Waals surface area contributed by atoms with Gasteiger partial charge in [-0.3, -0.25) is 9.58 Å². The van der Waals surface area contributed by atoms with Gasteiger partial charge >= 0.3 is 6.09 Å². The third-order valence-corrected chi connectivity index (χ3v) is 5.25. The maximum atomic E-state index is 14.8.